The summed E-state index contributed by atoms with van der Waals surface area (Å²) in [7, 11) is 0. The van der Waals surface area contributed by atoms with Crippen molar-refractivity contribution in [1.82, 2.24) is 0 Å². The van der Waals surface area contributed by atoms with E-state index in [1.54, 1.807) is 0 Å². The number of halogens is 4. The Balaban J connectivity index is 2.54. The zero-order valence-electron chi connectivity index (χ0n) is 12.9. The summed E-state index contributed by atoms with van der Waals surface area (Å²) >= 11 is 5.98. The van der Waals surface area contributed by atoms with Crippen LogP contribution in [0.25, 0.3) is 12.2 Å². The van der Waals surface area contributed by atoms with Crippen LogP contribution in [0.3, 0.4) is 0 Å². The van der Waals surface area contributed by atoms with E-state index < -0.39 is 29.7 Å². The van der Waals surface area contributed by atoms with Gasteiger partial charge in [-0.2, -0.15) is 13.2 Å². The molecule has 1 aromatic carbocycles. The molecule has 0 saturated heterocycles. The number of fused-ring (bicyclic) bond motifs is 1. The molecule has 0 radical (unpaired) electrons. The molecule has 9 heteroatoms. The molecule has 1 atom stereocenters. The number of ether oxygens (including phenoxy) is 2. The number of alkyl halides is 3. The lowest BCUT2D eigenvalue weighted by Crippen LogP contribution is -2.40. The lowest BCUT2D eigenvalue weighted by Gasteiger charge is -2.28. The van der Waals surface area contributed by atoms with E-state index in [1.165, 1.54) is 25.1 Å². The number of carbonyl (C=O) groups is 2. The van der Waals surface area contributed by atoms with Crippen molar-refractivity contribution < 1.29 is 32.2 Å². The van der Waals surface area contributed by atoms with E-state index in [1.807, 2.05) is 0 Å². The average molecular weight is 376 g/mol. The Kier molecular flexibility index (Phi) is 5.42. The molecule has 0 bridgehead atoms. The predicted molar refractivity (Wildman–Crippen MR) is 84.8 cm³/mol. The van der Waals surface area contributed by atoms with E-state index in [0.29, 0.717) is 5.56 Å². The van der Waals surface area contributed by atoms with E-state index in [-0.39, 0.29) is 22.9 Å². The van der Waals surface area contributed by atoms with Crippen LogP contribution in [0.4, 0.5) is 13.2 Å². The second-order valence-corrected chi connectivity index (χ2v) is 5.42. The number of nitrogens with two attached hydrogens (primary N) is 1. The second-order valence-electron chi connectivity index (χ2n) is 5.02. The molecule has 0 fully saturated rings. The minimum atomic E-state index is -4.83. The zero-order valence-corrected chi connectivity index (χ0v) is 13.6. The highest BCUT2D eigenvalue weighted by molar-refractivity contribution is 6.32. The summed E-state index contributed by atoms with van der Waals surface area (Å²) in [4.78, 5) is 22.7. The van der Waals surface area contributed by atoms with E-state index in [2.05, 4.69) is 4.74 Å². The largest absolute Gasteiger partial charge is 0.474 e. The number of amides is 1. The van der Waals surface area contributed by atoms with Crippen molar-refractivity contribution in [3.8, 4) is 5.75 Å². The van der Waals surface area contributed by atoms with Crippen molar-refractivity contribution >= 4 is 35.6 Å². The number of rotatable bonds is 4. The molecule has 2 N–H and O–H groups in total. The van der Waals surface area contributed by atoms with Crippen molar-refractivity contribution in [2.75, 3.05) is 6.61 Å². The van der Waals surface area contributed by atoms with Gasteiger partial charge in [0.2, 0.25) is 12.0 Å². The van der Waals surface area contributed by atoms with Crippen LogP contribution in [-0.4, -0.2) is 30.8 Å². The SMILES string of the molecule is CCOC(=O)C1=Cc2cc(C=CC(N)=O)cc(Cl)c2OC1C(F)(F)F. The fourth-order valence-corrected chi connectivity index (χ4v) is 2.47. The Hall–Kier alpha value is -2.48. The van der Waals surface area contributed by atoms with Gasteiger partial charge in [-0.3, -0.25) is 4.79 Å². The number of hydrogen-bond donors (Lipinski definition) is 1. The van der Waals surface area contributed by atoms with E-state index >= 15 is 0 Å². The van der Waals surface area contributed by atoms with Gasteiger partial charge in [-0.05, 0) is 36.8 Å². The Labute approximate surface area is 145 Å². The summed E-state index contributed by atoms with van der Waals surface area (Å²) in [6, 6.07) is 2.73. The first kappa shape index (κ1) is 18.9. The lowest BCUT2D eigenvalue weighted by molar-refractivity contribution is -0.187. The topological polar surface area (TPSA) is 78.6 Å². The summed E-state index contributed by atoms with van der Waals surface area (Å²) in [5.41, 5.74) is 4.86. The summed E-state index contributed by atoms with van der Waals surface area (Å²) in [5, 5.41) is -0.102. The zero-order chi connectivity index (χ0) is 18.8. The maximum atomic E-state index is 13.2. The van der Waals surface area contributed by atoms with Gasteiger partial charge < -0.3 is 15.2 Å². The summed E-state index contributed by atoms with van der Waals surface area (Å²) in [5.74, 6) is -2.05. The average Bonchev–Trinajstić information content (AvgIpc) is 2.51. The number of carbonyl (C=O) groups excluding carboxylic acids is 2. The predicted octanol–water partition coefficient (Wildman–Crippen LogP) is 3.11. The monoisotopic (exact) mass is 375 g/mol. The maximum Gasteiger partial charge on any atom is 0.430 e. The van der Waals surface area contributed by atoms with Crippen molar-refractivity contribution in [3.05, 3.63) is 39.9 Å². The normalized spacial score (nSPS) is 16.8. The van der Waals surface area contributed by atoms with Crippen LogP contribution in [0.5, 0.6) is 5.75 Å². The molecule has 25 heavy (non-hydrogen) atoms. The van der Waals surface area contributed by atoms with Crippen LogP contribution in [0.15, 0.2) is 23.8 Å². The third-order valence-electron chi connectivity index (χ3n) is 3.17. The smallest absolute Gasteiger partial charge is 0.430 e. The van der Waals surface area contributed by atoms with E-state index in [4.69, 9.17) is 22.1 Å². The molecule has 1 aliphatic rings. The molecule has 2 rings (SSSR count). The van der Waals surface area contributed by atoms with Gasteiger partial charge in [0.1, 0.15) is 5.75 Å². The Morgan fingerprint density at radius 1 is 1.40 bits per heavy atom. The molecule has 5 nitrogen and oxygen atoms in total. The number of esters is 1. The van der Waals surface area contributed by atoms with Crippen molar-refractivity contribution in [2.24, 2.45) is 5.73 Å². The Morgan fingerprint density at radius 3 is 2.64 bits per heavy atom. The summed E-state index contributed by atoms with van der Waals surface area (Å²) < 4.78 is 49.3. The van der Waals surface area contributed by atoms with Gasteiger partial charge in [0.25, 0.3) is 0 Å². The fourth-order valence-electron chi connectivity index (χ4n) is 2.19. The number of benzene rings is 1. The first-order valence-corrected chi connectivity index (χ1v) is 7.44. The molecule has 0 aliphatic carbocycles. The van der Waals surface area contributed by atoms with Crippen LogP contribution >= 0.6 is 11.6 Å². The van der Waals surface area contributed by atoms with Gasteiger partial charge in [0.05, 0.1) is 17.2 Å². The first-order valence-electron chi connectivity index (χ1n) is 7.06. The molecule has 1 heterocycles. The minimum absolute atomic E-state index is 0.0875. The maximum absolute atomic E-state index is 13.2. The van der Waals surface area contributed by atoms with Crippen LogP contribution in [0.1, 0.15) is 18.1 Å². The molecule has 0 saturated carbocycles. The number of primary amides is 1. The molecular formula is C16H13ClF3NO4. The van der Waals surface area contributed by atoms with E-state index in [9.17, 15) is 22.8 Å². The minimum Gasteiger partial charge on any atom is -0.474 e. The molecule has 0 aromatic heterocycles. The molecule has 0 spiro atoms. The van der Waals surface area contributed by atoms with Crippen LogP contribution < -0.4 is 10.5 Å². The van der Waals surface area contributed by atoms with Crippen molar-refractivity contribution in [1.29, 1.82) is 0 Å². The van der Waals surface area contributed by atoms with Crippen LogP contribution in [0, 0.1) is 0 Å². The molecule has 1 aromatic rings. The van der Waals surface area contributed by atoms with Gasteiger partial charge >= 0.3 is 12.1 Å². The summed E-state index contributed by atoms with van der Waals surface area (Å²) in [6.07, 6.45) is -3.89. The first-order chi connectivity index (χ1) is 11.6. The summed E-state index contributed by atoms with van der Waals surface area (Å²) in [6.45, 7) is 1.39. The van der Waals surface area contributed by atoms with Gasteiger partial charge in [-0.15, -0.1) is 0 Å². The highest BCUT2D eigenvalue weighted by Crippen LogP contribution is 2.41. The van der Waals surface area contributed by atoms with Gasteiger partial charge in [-0.25, -0.2) is 4.79 Å². The van der Waals surface area contributed by atoms with Crippen LogP contribution in [0.2, 0.25) is 5.02 Å². The van der Waals surface area contributed by atoms with Crippen LogP contribution in [-0.2, 0) is 14.3 Å². The molecular weight excluding hydrogens is 363 g/mol. The highest BCUT2D eigenvalue weighted by atomic mass is 35.5. The second kappa shape index (κ2) is 7.18. The molecule has 1 aliphatic heterocycles. The fraction of sp³-hybridized carbons (Fsp3) is 0.250. The van der Waals surface area contributed by atoms with Gasteiger partial charge in [0, 0.05) is 11.6 Å². The third kappa shape index (κ3) is 4.33. The molecule has 1 unspecified atom stereocenters. The van der Waals surface area contributed by atoms with Gasteiger partial charge in [0.15, 0.2) is 0 Å². The highest BCUT2D eigenvalue weighted by Gasteiger charge is 2.49. The van der Waals surface area contributed by atoms with Crippen molar-refractivity contribution in [3.63, 3.8) is 0 Å². The number of hydrogen-bond acceptors (Lipinski definition) is 4. The third-order valence-corrected chi connectivity index (χ3v) is 3.45. The Morgan fingerprint density at radius 2 is 2.08 bits per heavy atom. The quantitative estimate of drug-likeness (QED) is 0.648. The van der Waals surface area contributed by atoms with E-state index in [0.717, 1.165) is 12.2 Å². The molecule has 134 valence electrons. The standard InChI is InChI=1S/C16H13ClF3NO4/c1-2-24-15(23)10-7-9-5-8(3-4-12(21)22)6-11(17)13(9)25-14(10)16(18,19)20/h3-7,14H,2H2,1H3,(H2,21,22). The lowest BCUT2D eigenvalue weighted by atomic mass is 9.99. The molecule has 1 amide bonds. The van der Waals surface area contributed by atoms with Gasteiger partial charge in [-0.1, -0.05) is 11.6 Å². The van der Waals surface area contributed by atoms with Crippen molar-refractivity contribution in [2.45, 2.75) is 19.2 Å². The Bertz CT molecular complexity index is 771.